The summed E-state index contributed by atoms with van der Waals surface area (Å²) in [7, 11) is 0. The van der Waals surface area contributed by atoms with Crippen LogP contribution in [0, 0.1) is 23.2 Å². The van der Waals surface area contributed by atoms with Crippen LogP contribution in [0.4, 0.5) is 10.5 Å². The normalized spacial score (nSPS) is 26.1. The summed E-state index contributed by atoms with van der Waals surface area (Å²) in [6.07, 6.45) is 1.02. The average molecular weight is 313 g/mol. The number of nitrogens with zero attached hydrogens (tertiary/aromatic N) is 2. The van der Waals surface area contributed by atoms with E-state index < -0.39 is 12.1 Å². The Kier molecular flexibility index (Phi) is 3.72. The van der Waals surface area contributed by atoms with Crippen molar-refractivity contribution in [3.8, 4) is 6.07 Å². The van der Waals surface area contributed by atoms with E-state index in [4.69, 9.17) is 5.26 Å². The first-order chi connectivity index (χ1) is 10.9. The van der Waals surface area contributed by atoms with Crippen LogP contribution >= 0.6 is 0 Å². The zero-order valence-corrected chi connectivity index (χ0v) is 13.1. The molecule has 0 radical (unpaired) electrons. The fourth-order valence-electron chi connectivity index (χ4n) is 3.77. The lowest BCUT2D eigenvalue weighted by atomic mass is 9.79. The maximum Gasteiger partial charge on any atom is 0.405 e. The lowest BCUT2D eigenvalue weighted by Gasteiger charge is -2.45. The Balaban J connectivity index is 2.15. The van der Waals surface area contributed by atoms with Crippen LogP contribution in [0.3, 0.4) is 0 Å². The summed E-state index contributed by atoms with van der Waals surface area (Å²) in [5.74, 6) is 0.313. The van der Waals surface area contributed by atoms with E-state index in [9.17, 15) is 14.7 Å². The van der Waals surface area contributed by atoms with Gasteiger partial charge in [-0.2, -0.15) is 5.26 Å². The van der Waals surface area contributed by atoms with Crippen LogP contribution < -0.4 is 10.2 Å². The van der Waals surface area contributed by atoms with Crippen LogP contribution in [-0.2, 0) is 4.79 Å². The maximum atomic E-state index is 12.3. The quantitative estimate of drug-likeness (QED) is 0.877. The van der Waals surface area contributed by atoms with Gasteiger partial charge in [-0.05, 0) is 42.5 Å². The van der Waals surface area contributed by atoms with Gasteiger partial charge in [0.05, 0.1) is 17.7 Å². The van der Waals surface area contributed by atoms with Gasteiger partial charge in [0.25, 0.3) is 0 Å². The molecule has 2 amide bonds. The molecule has 3 rings (SSSR count). The third-order valence-corrected chi connectivity index (χ3v) is 4.84. The minimum Gasteiger partial charge on any atom is -0.465 e. The maximum absolute atomic E-state index is 12.3. The molecule has 1 saturated carbocycles. The number of benzene rings is 1. The van der Waals surface area contributed by atoms with Gasteiger partial charge in [-0.3, -0.25) is 4.79 Å². The van der Waals surface area contributed by atoms with Gasteiger partial charge in [-0.15, -0.1) is 0 Å². The third-order valence-electron chi connectivity index (χ3n) is 4.84. The molecule has 6 heteroatoms. The predicted octanol–water partition coefficient (Wildman–Crippen LogP) is 2.65. The molecule has 0 unspecified atom stereocenters. The van der Waals surface area contributed by atoms with Crippen molar-refractivity contribution < 1.29 is 14.7 Å². The smallest absolute Gasteiger partial charge is 0.405 e. The highest BCUT2D eigenvalue weighted by Gasteiger charge is 2.47. The SMILES string of the molecule is CC(=O)N1c2ccc(C#N)cc2[C@H](NC(=O)O)[C@@H](C)[C@@H]1C1CC1. The van der Waals surface area contributed by atoms with Crippen LogP contribution in [0.2, 0.25) is 0 Å². The molecule has 1 aliphatic heterocycles. The topological polar surface area (TPSA) is 93.4 Å². The molecule has 1 fully saturated rings. The van der Waals surface area contributed by atoms with E-state index >= 15 is 0 Å². The molecule has 23 heavy (non-hydrogen) atoms. The van der Waals surface area contributed by atoms with Crippen molar-refractivity contribution in [1.82, 2.24) is 5.32 Å². The van der Waals surface area contributed by atoms with Gasteiger partial charge in [-0.25, -0.2) is 4.79 Å². The van der Waals surface area contributed by atoms with Crippen LogP contribution in [0.25, 0.3) is 0 Å². The molecule has 0 spiro atoms. The minimum atomic E-state index is -1.10. The fourth-order valence-corrected chi connectivity index (χ4v) is 3.77. The standard InChI is InChI=1S/C17H19N3O3/c1-9-15(19-17(22)23)13-7-11(8-18)3-6-14(13)20(10(2)21)16(9)12-4-5-12/h3,6-7,9,12,15-16,19H,4-5H2,1-2H3,(H,22,23)/t9-,15-,16-/m1/s1. The Morgan fingerprint density at radius 3 is 2.61 bits per heavy atom. The minimum absolute atomic E-state index is 0.00946. The van der Waals surface area contributed by atoms with Gasteiger partial charge >= 0.3 is 6.09 Å². The Hall–Kier alpha value is -2.55. The monoisotopic (exact) mass is 313 g/mol. The summed E-state index contributed by atoms with van der Waals surface area (Å²) in [6.45, 7) is 3.51. The number of hydrogen-bond acceptors (Lipinski definition) is 3. The van der Waals surface area contributed by atoms with Gasteiger partial charge in [0.15, 0.2) is 0 Å². The molecule has 6 nitrogen and oxygen atoms in total. The molecule has 0 aromatic heterocycles. The van der Waals surface area contributed by atoms with E-state index in [1.165, 1.54) is 6.92 Å². The van der Waals surface area contributed by atoms with E-state index in [1.54, 1.807) is 23.1 Å². The number of carboxylic acid groups (broad SMARTS) is 1. The van der Waals surface area contributed by atoms with Crippen LogP contribution in [0.15, 0.2) is 18.2 Å². The van der Waals surface area contributed by atoms with E-state index in [-0.39, 0.29) is 17.9 Å². The number of carbonyl (C=O) groups is 2. The van der Waals surface area contributed by atoms with Crippen molar-refractivity contribution in [2.24, 2.45) is 11.8 Å². The molecular formula is C17H19N3O3. The van der Waals surface area contributed by atoms with Gasteiger partial charge in [0, 0.05) is 24.6 Å². The molecule has 120 valence electrons. The molecule has 0 bridgehead atoms. The number of anilines is 1. The molecule has 1 aromatic carbocycles. The van der Waals surface area contributed by atoms with Gasteiger partial charge in [0.2, 0.25) is 5.91 Å². The highest BCUT2D eigenvalue weighted by molar-refractivity contribution is 5.94. The second-order valence-electron chi connectivity index (χ2n) is 6.39. The lowest BCUT2D eigenvalue weighted by molar-refractivity contribution is -0.117. The Labute approximate surface area is 134 Å². The summed E-state index contributed by atoms with van der Waals surface area (Å²) in [5, 5.41) is 20.9. The molecule has 2 N–H and O–H groups in total. The highest BCUT2D eigenvalue weighted by atomic mass is 16.4. The molecule has 0 saturated heterocycles. The Bertz CT molecular complexity index is 706. The van der Waals surface area contributed by atoms with Gasteiger partial charge in [-0.1, -0.05) is 6.92 Å². The Morgan fingerprint density at radius 2 is 2.09 bits per heavy atom. The van der Waals surface area contributed by atoms with Crippen molar-refractivity contribution in [2.75, 3.05) is 4.90 Å². The van der Waals surface area contributed by atoms with Crippen molar-refractivity contribution in [3.05, 3.63) is 29.3 Å². The summed E-state index contributed by atoms with van der Waals surface area (Å²) < 4.78 is 0. The van der Waals surface area contributed by atoms with Crippen LogP contribution in [0.5, 0.6) is 0 Å². The molecular weight excluding hydrogens is 294 g/mol. The molecule has 1 aromatic rings. The number of fused-ring (bicyclic) bond motifs is 1. The second-order valence-corrected chi connectivity index (χ2v) is 6.39. The highest BCUT2D eigenvalue weighted by Crippen LogP contribution is 2.49. The summed E-state index contributed by atoms with van der Waals surface area (Å²) in [4.78, 5) is 25.3. The number of rotatable bonds is 2. The number of amides is 2. The first kappa shape index (κ1) is 15.3. The van der Waals surface area contributed by atoms with Crippen molar-refractivity contribution in [3.63, 3.8) is 0 Å². The zero-order valence-electron chi connectivity index (χ0n) is 13.1. The van der Waals surface area contributed by atoms with Crippen molar-refractivity contribution >= 4 is 17.7 Å². The first-order valence-electron chi connectivity index (χ1n) is 7.77. The molecule has 2 aliphatic rings. The Morgan fingerprint density at radius 1 is 1.39 bits per heavy atom. The summed E-state index contributed by atoms with van der Waals surface area (Å²) in [5.41, 5.74) is 1.87. The van der Waals surface area contributed by atoms with Crippen LogP contribution in [-0.4, -0.2) is 23.1 Å². The average Bonchev–Trinajstić information content (AvgIpc) is 3.32. The summed E-state index contributed by atoms with van der Waals surface area (Å²) in [6, 6.07) is 6.76. The number of carbonyl (C=O) groups excluding carboxylic acids is 1. The predicted molar refractivity (Wildman–Crippen MR) is 83.9 cm³/mol. The van der Waals surface area contributed by atoms with E-state index in [0.29, 0.717) is 22.7 Å². The van der Waals surface area contributed by atoms with Gasteiger partial charge < -0.3 is 15.3 Å². The van der Waals surface area contributed by atoms with E-state index in [0.717, 1.165) is 12.8 Å². The van der Waals surface area contributed by atoms with Crippen molar-refractivity contribution in [2.45, 2.75) is 38.8 Å². The second kappa shape index (κ2) is 5.58. The van der Waals surface area contributed by atoms with E-state index in [1.807, 2.05) is 6.92 Å². The first-order valence-corrected chi connectivity index (χ1v) is 7.77. The molecule has 3 atom stereocenters. The molecule has 1 aliphatic carbocycles. The molecule has 1 heterocycles. The lowest BCUT2D eigenvalue weighted by Crippen LogP contribution is -2.53. The number of nitrogens with one attached hydrogen (secondary N) is 1. The zero-order chi connectivity index (χ0) is 16.7. The van der Waals surface area contributed by atoms with Gasteiger partial charge in [0.1, 0.15) is 0 Å². The largest absolute Gasteiger partial charge is 0.465 e. The van der Waals surface area contributed by atoms with Crippen molar-refractivity contribution in [1.29, 1.82) is 5.26 Å². The number of hydrogen-bond donors (Lipinski definition) is 2. The number of nitriles is 1. The van der Waals surface area contributed by atoms with E-state index in [2.05, 4.69) is 11.4 Å². The third kappa shape index (κ3) is 2.63. The summed E-state index contributed by atoms with van der Waals surface area (Å²) >= 11 is 0. The van der Waals surface area contributed by atoms with Crippen LogP contribution in [0.1, 0.15) is 43.9 Å². The fraction of sp³-hybridized carbons (Fsp3) is 0.471.